The number of rotatable bonds is 7. The number of carbonyl (C=O) groups excluding carboxylic acids is 1. The molecular formula is C16H19N5O. The van der Waals surface area contributed by atoms with Crippen LogP contribution >= 0.6 is 0 Å². The molecule has 0 spiro atoms. The molecule has 0 bridgehead atoms. The minimum atomic E-state index is -0.584. The SMILES string of the molecule is N#CC(Cc1cn(Cc2ccccc2)cn1)NC(=O)CCN. The third-order valence-corrected chi connectivity index (χ3v) is 3.17. The van der Waals surface area contributed by atoms with E-state index in [4.69, 9.17) is 11.0 Å². The molecule has 2 rings (SSSR count). The van der Waals surface area contributed by atoms with Crippen LogP contribution in [0.1, 0.15) is 17.7 Å². The van der Waals surface area contributed by atoms with Gasteiger partial charge >= 0.3 is 0 Å². The topological polar surface area (TPSA) is 96.7 Å². The van der Waals surface area contributed by atoms with Crippen molar-refractivity contribution in [2.75, 3.05) is 6.54 Å². The standard InChI is InChI=1S/C16H19N5O/c17-7-6-16(22)20-14(9-18)8-15-11-21(12-19-15)10-13-4-2-1-3-5-13/h1-5,11-12,14H,6-8,10,17H2,(H,20,22). The Balaban J connectivity index is 1.93. The third-order valence-electron chi connectivity index (χ3n) is 3.17. The van der Waals surface area contributed by atoms with Gasteiger partial charge in [-0.3, -0.25) is 4.79 Å². The maximum absolute atomic E-state index is 11.5. The van der Waals surface area contributed by atoms with Crippen LogP contribution in [0.4, 0.5) is 0 Å². The summed E-state index contributed by atoms with van der Waals surface area (Å²) < 4.78 is 1.96. The van der Waals surface area contributed by atoms with Crippen LogP contribution < -0.4 is 11.1 Å². The molecule has 0 radical (unpaired) electrons. The molecule has 0 aliphatic carbocycles. The Bertz CT molecular complexity index is 644. The van der Waals surface area contributed by atoms with Crippen LogP contribution in [0.2, 0.25) is 0 Å². The minimum absolute atomic E-state index is 0.210. The van der Waals surface area contributed by atoms with Crippen molar-refractivity contribution in [3.05, 3.63) is 54.1 Å². The third kappa shape index (κ3) is 4.72. The van der Waals surface area contributed by atoms with E-state index < -0.39 is 6.04 Å². The molecule has 1 unspecified atom stereocenters. The molecule has 6 nitrogen and oxygen atoms in total. The van der Waals surface area contributed by atoms with E-state index in [1.54, 1.807) is 6.33 Å². The van der Waals surface area contributed by atoms with E-state index in [9.17, 15) is 4.79 Å². The number of hydrogen-bond donors (Lipinski definition) is 2. The van der Waals surface area contributed by atoms with Crippen LogP contribution in [0.3, 0.4) is 0 Å². The van der Waals surface area contributed by atoms with Crippen molar-refractivity contribution in [3.8, 4) is 6.07 Å². The van der Waals surface area contributed by atoms with Gasteiger partial charge in [0.1, 0.15) is 6.04 Å². The van der Waals surface area contributed by atoms with Crippen LogP contribution in [0, 0.1) is 11.3 Å². The fourth-order valence-electron chi connectivity index (χ4n) is 2.13. The van der Waals surface area contributed by atoms with Crippen molar-refractivity contribution in [2.24, 2.45) is 5.73 Å². The van der Waals surface area contributed by atoms with Gasteiger partial charge in [-0.15, -0.1) is 0 Å². The molecule has 6 heteroatoms. The molecule has 1 amide bonds. The first-order chi connectivity index (χ1) is 10.7. The Morgan fingerprint density at radius 3 is 2.86 bits per heavy atom. The number of benzene rings is 1. The Labute approximate surface area is 129 Å². The quantitative estimate of drug-likeness (QED) is 0.791. The van der Waals surface area contributed by atoms with Crippen molar-refractivity contribution in [1.29, 1.82) is 5.26 Å². The second-order valence-corrected chi connectivity index (χ2v) is 5.01. The summed E-state index contributed by atoms with van der Waals surface area (Å²) in [5, 5.41) is 11.8. The molecule has 1 aromatic heterocycles. The van der Waals surface area contributed by atoms with Gasteiger partial charge in [-0.05, 0) is 5.56 Å². The van der Waals surface area contributed by atoms with Gasteiger partial charge in [0.2, 0.25) is 5.91 Å². The van der Waals surface area contributed by atoms with Gasteiger partial charge in [0.25, 0.3) is 0 Å². The van der Waals surface area contributed by atoms with Crippen molar-refractivity contribution < 1.29 is 4.79 Å². The predicted octanol–water partition coefficient (Wildman–Crippen LogP) is 0.831. The van der Waals surface area contributed by atoms with E-state index >= 15 is 0 Å². The summed E-state index contributed by atoms with van der Waals surface area (Å²) in [6.45, 7) is 1.00. The molecule has 0 aliphatic rings. The Morgan fingerprint density at radius 2 is 2.18 bits per heavy atom. The van der Waals surface area contributed by atoms with Crippen molar-refractivity contribution >= 4 is 5.91 Å². The summed E-state index contributed by atoms with van der Waals surface area (Å²) in [5.74, 6) is -0.210. The van der Waals surface area contributed by atoms with Gasteiger partial charge in [-0.1, -0.05) is 30.3 Å². The van der Waals surface area contributed by atoms with E-state index in [2.05, 4.69) is 16.4 Å². The highest BCUT2D eigenvalue weighted by Gasteiger charge is 2.13. The highest BCUT2D eigenvalue weighted by atomic mass is 16.1. The number of carbonyl (C=O) groups is 1. The van der Waals surface area contributed by atoms with Crippen LogP contribution in [0.15, 0.2) is 42.9 Å². The molecule has 0 saturated carbocycles. The predicted molar refractivity (Wildman–Crippen MR) is 82.7 cm³/mol. The number of hydrogen-bond acceptors (Lipinski definition) is 4. The van der Waals surface area contributed by atoms with Crippen LogP contribution in [-0.2, 0) is 17.8 Å². The van der Waals surface area contributed by atoms with E-state index in [1.807, 2.05) is 41.1 Å². The van der Waals surface area contributed by atoms with Gasteiger partial charge < -0.3 is 15.6 Å². The lowest BCUT2D eigenvalue weighted by atomic mass is 10.2. The monoisotopic (exact) mass is 297 g/mol. The summed E-state index contributed by atoms with van der Waals surface area (Å²) in [4.78, 5) is 15.8. The second-order valence-electron chi connectivity index (χ2n) is 5.01. The molecule has 22 heavy (non-hydrogen) atoms. The average Bonchev–Trinajstić information content (AvgIpc) is 2.95. The maximum Gasteiger partial charge on any atom is 0.222 e. The van der Waals surface area contributed by atoms with Gasteiger partial charge in [0.05, 0.1) is 18.1 Å². The average molecular weight is 297 g/mol. The number of nitrogens with one attached hydrogen (secondary N) is 1. The maximum atomic E-state index is 11.5. The first-order valence-electron chi connectivity index (χ1n) is 7.15. The minimum Gasteiger partial charge on any atom is -0.340 e. The molecule has 2 aromatic rings. The zero-order valence-corrected chi connectivity index (χ0v) is 12.3. The van der Waals surface area contributed by atoms with Crippen molar-refractivity contribution in [2.45, 2.75) is 25.4 Å². The highest BCUT2D eigenvalue weighted by Crippen LogP contribution is 2.05. The number of aromatic nitrogens is 2. The molecule has 1 atom stereocenters. The highest BCUT2D eigenvalue weighted by molar-refractivity contribution is 5.76. The normalized spacial score (nSPS) is 11.6. The molecule has 0 aliphatic heterocycles. The second kappa shape index (κ2) is 7.96. The molecule has 3 N–H and O–H groups in total. The molecule has 0 fully saturated rings. The summed E-state index contributed by atoms with van der Waals surface area (Å²) in [6.07, 6.45) is 4.24. The summed E-state index contributed by atoms with van der Waals surface area (Å²) >= 11 is 0. The Kier molecular flexibility index (Phi) is 5.69. The Hall–Kier alpha value is -2.65. The zero-order chi connectivity index (χ0) is 15.8. The van der Waals surface area contributed by atoms with Gasteiger partial charge in [0, 0.05) is 32.1 Å². The van der Waals surface area contributed by atoms with E-state index in [1.165, 1.54) is 5.56 Å². The smallest absolute Gasteiger partial charge is 0.222 e. The lowest BCUT2D eigenvalue weighted by Gasteiger charge is -2.09. The fourth-order valence-corrected chi connectivity index (χ4v) is 2.13. The van der Waals surface area contributed by atoms with E-state index in [0.717, 1.165) is 12.2 Å². The first kappa shape index (κ1) is 15.7. The molecule has 1 aromatic carbocycles. The molecular weight excluding hydrogens is 278 g/mol. The molecule has 114 valence electrons. The lowest BCUT2D eigenvalue weighted by molar-refractivity contribution is -0.121. The Morgan fingerprint density at radius 1 is 1.41 bits per heavy atom. The molecule has 0 saturated heterocycles. The van der Waals surface area contributed by atoms with E-state index in [-0.39, 0.29) is 18.9 Å². The lowest BCUT2D eigenvalue weighted by Crippen LogP contribution is -2.36. The number of nitrogens with zero attached hydrogens (tertiary/aromatic N) is 3. The first-order valence-corrected chi connectivity index (χ1v) is 7.15. The summed E-state index contributed by atoms with van der Waals surface area (Å²) in [5.41, 5.74) is 7.27. The van der Waals surface area contributed by atoms with Gasteiger partial charge in [-0.2, -0.15) is 5.26 Å². The number of nitriles is 1. The van der Waals surface area contributed by atoms with E-state index in [0.29, 0.717) is 6.42 Å². The van der Waals surface area contributed by atoms with Gasteiger partial charge in [0.15, 0.2) is 0 Å². The number of nitrogens with two attached hydrogens (primary N) is 1. The van der Waals surface area contributed by atoms with Gasteiger partial charge in [-0.25, -0.2) is 4.98 Å². The molecule has 1 heterocycles. The van der Waals surface area contributed by atoms with Crippen LogP contribution in [0.5, 0.6) is 0 Å². The van der Waals surface area contributed by atoms with Crippen molar-refractivity contribution in [3.63, 3.8) is 0 Å². The van der Waals surface area contributed by atoms with Crippen LogP contribution in [0.25, 0.3) is 0 Å². The van der Waals surface area contributed by atoms with Crippen LogP contribution in [-0.4, -0.2) is 28.0 Å². The zero-order valence-electron chi connectivity index (χ0n) is 12.3. The fraction of sp³-hybridized carbons (Fsp3) is 0.312. The number of amides is 1. The number of imidazole rings is 1. The summed E-state index contributed by atoms with van der Waals surface area (Å²) in [7, 11) is 0. The largest absolute Gasteiger partial charge is 0.340 e. The van der Waals surface area contributed by atoms with Crippen molar-refractivity contribution in [1.82, 2.24) is 14.9 Å². The summed E-state index contributed by atoms with van der Waals surface area (Å²) in [6, 6.07) is 11.5.